The zero-order valence-electron chi connectivity index (χ0n) is 15.5. The molecule has 2 aromatic rings. The van der Waals surface area contributed by atoms with Gasteiger partial charge in [-0.1, -0.05) is 35.3 Å². The van der Waals surface area contributed by atoms with Gasteiger partial charge in [0.2, 0.25) is 5.91 Å². The van der Waals surface area contributed by atoms with Crippen LogP contribution in [-0.2, 0) is 4.79 Å². The van der Waals surface area contributed by atoms with Gasteiger partial charge in [-0.05, 0) is 36.8 Å². The highest BCUT2D eigenvalue weighted by molar-refractivity contribution is 14.0. The molecule has 152 valence electrons. The number of aliphatic imine (C=N–C) groups is 1. The number of benzene rings is 2. The summed E-state index contributed by atoms with van der Waals surface area (Å²) in [7, 11) is 0. The van der Waals surface area contributed by atoms with Crippen LogP contribution in [0.15, 0.2) is 47.5 Å². The van der Waals surface area contributed by atoms with E-state index in [4.69, 9.17) is 33.7 Å². The molecule has 0 heterocycles. The van der Waals surface area contributed by atoms with Gasteiger partial charge >= 0.3 is 0 Å². The Morgan fingerprint density at radius 1 is 1.25 bits per heavy atom. The second kappa shape index (κ2) is 12.0. The smallest absolute Gasteiger partial charge is 0.221 e. The Morgan fingerprint density at radius 3 is 2.68 bits per heavy atom. The number of halogens is 3. The lowest BCUT2D eigenvalue weighted by atomic mass is 10.1. The second-order valence-electron chi connectivity index (χ2n) is 5.86. The third-order valence-electron chi connectivity index (χ3n) is 3.59. The molecular formula is C19H23Cl2IN4O2. The summed E-state index contributed by atoms with van der Waals surface area (Å²) in [5.74, 6) is 0.805. The topological polar surface area (TPSA) is 88.7 Å². The zero-order valence-corrected chi connectivity index (χ0v) is 19.4. The number of rotatable bonds is 7. The zero-order chi connectivity index (χ0) is 19.8. The van der Waals surface area contributed by atoms with Gasteiger partial charge in [-0.3, -0.25) is 4.79 Å². The van der Waals surface area contributed by atoms with E-state index in [-0.39, 0.29) is 35.9 Å². The number of carbonyl (C=O) groups excluding carboxylic acids is 1. The average molecular weight is 537 g/mol. The maximum absolute atomic E-state index is 11.1. The van der Waals surface area contributed by atoms with Gasteiger partial charge in [0.1, 0.15) is 12.4 Å². The van der Waals surface area contributed by atoms with Crippen molar-refractivity contribution < 1.29 is 9.53 Å². The maximum Gasteiger partial charge on any atom is 0.221 e. The summed E-state index contributed by atoms with van der Waals surface area (Å²) >= 11 is 12.1. The Morgan fingerprint density at radius 2 is 2.00 bits per heavy atom. The van der Waals surface area contributed by atoms with Crippen LogP contribution in [0.4, 0.5) is 5.69 Å². The molecule has 6 nitrogen and oxygen atoms in total. The molecule has 1 atom stereocenters. The van der Waals surface area contributed by atoms with E-state index in [9.17, 15) is 4.79 Å². The Kier molecular flexibility index (Phi) is 10.4. The molecule has 0 spiro atoms. The highest BCUT2D eigenvalue weighted by Gasteiger charge is 2.10. The number of ether oxygens (including phenoxy) is 1. The third kappa shape index (κ3) is 8.12. The molecule has 0 aromatic heterocycles. The van der Waals surface area contributed by atoms with Crippen LogP contribution in [0.2, 0.25) is 10.0 Å². The molecule has 2 aromatic carbocycles. The minimum atomic E-state index is -0.134. The highest BCUT2D eigenvalue weighted by Crippen LogP contribution is 2.25. The van der Waals surface area contributed by atoms with Crippen LogP contribution in [0.3, 0.4) is 0 Å². The Hall–Kier alpha value is -1.71. The summed E-state index contributed by atoms with van der Waals surface area (Å²) in [6.45, 7) is 4.12. The molecule has 0 aliphatic rings. The van der Waals surface area contributed by atoms with Gasteiger partial charge in [-0.25, -0.2) is 4.99 Å². The first-order valence-electron chi connectivity index (χ1n) is 8.37. The van der Waals surface area contributed by atoms with Crippen molar-refractivity contribution in [3.8, 4) is 5.75 Å². The summed E-state index contributed by atoms with van der Waals surface area (Å²) < 4.78 is 5.62. The number of hydrogen-bond acceptors (Lipinski definition) is 3. The minimum absolute atomic E-state index is 0. The molecule has 0 saturated carbocycles. The fourth-order valence-corrected chi connectivity index (χ4v) is 2.97. The molecule has 0 aliphatic heterocycles. The van der Waals surface area contributed by atoms with E-state index in [0.717, 1.165) is 5.56 Å². The lowest BCUT2D eigenvalue weighted by Gasteiger charge is -2.16. The van der Waals surface area contributed by atoms with E-state index in [0.29, 0.717) is 40.6 Å². The normalized spacial score (nSPS) is 11.9. The van der Waals surface area contributed by atoms with Gasteiger partial charge in [0.05, 0.1) is 12.6 Å². The number of hydrogen-bond donors (Lipinski definition) is 3. The predicted octanol–water partition coefficient (Wildman–Crippen LogP) is 4.61. The van der Waals surface area contributed by atoms with Crippen molar-refractivity contribution >= 4 is 64.7 Å². The average Bonchev–Trinajstić information content (AvgIpc) is 2.58. The van der Waals surface area contributed by atoms with Crippen molar-refractivity contribution in [3.63, 3.8) is 0 Å². The van der Waals surface area contributed by atoms with E-state index < -0.39 is 0 Å². The molecule has 4 N–H and O–H groups in total. The minimum Gasteiger partial charge on any atom is -0.492 e. The monoisotopic (exact) mass is 536 g/mol. The first-order valence-corrected chi connectivity index (χ1v) is 9.12. The Bertz CT molecular complexity index is 833. The molecule has 9 heteroatoms. The van der Waals surface area contributed by atoms with Crippen molar-refractivity contribution in [1.29, 1.82) is 0 Å². The molecule has 0 aliphatic carbocycles. The number of carbonyl (C=O) groups is 1. The molecule has 2 rings (SSSR count). The lowest BCUT2D eigenvalue weighted by Crippen LogP contribution is -2.34. The molecular weight excluding hydrogens is 514 g/mol. The third-order valence-corrected chi connectivity index (χ3v) is 4.15. The van der Waals surface area contributed by atoms with Crippen LogP contribution in [0.1, 0.15) is 25.5 Å². The SMILES string of the molecule is CC(=O)Nc1cccc(OCCN=C(N)NC(C)c2ccc(Cl)cc2Cl)c1.I. The summed E-state index contributed by atoms with van der Waals surface area (Å²) in [6, 6.07) is 12.3. The summed E-state index contributed by atoms with van der Waals surface area (Å²) in [5, 5.41) is 6.93. The summed E-state index contributed by atoms with van der Waals surface area (Å²) in [4.78, 5) is 15.3. The van der Waals surface area contributed by atoms with Gasteiger partial charge < -0.3 is 21.1 Å². The molecule has 0 radical (unpaired) electrons. The molecule has 0 saturated heterocycles. The van der Waals surface area contributed by atoms with E-state index >= 15 is 0 Å². The van der Waals surface area contributed by atoms with Crippen molar-refractivity contribution in [3.05, 3.63) is 58.1 Å². The number of guanidine groups is 1. The van der Waals surface area contributed by atoms with Gasteiger partial charge in [0.25, 0.3) is 0 Å². The predicted molar refractivity (Wildman–Crippen MR) is 126 cm³/mol. The molecule has 1 unspecified atom stereocenters. The number of nitrogens with two attached hydrogens (primary N) is 1. The maximum atomic E-state index is 11.1. The number of amides is 1. The molecule has 1 amide bonds. The van der Waals surface area contributed by atoms with E-state index in [2.05, 4.69) is 15.6 Å². The first kappa shape index (κ1) is 24.3. The molecule has 0 bridgehead atoms. The first-order chi connectivity index (χ1) is 12.8. The fourth-order valence-electron chi connectivity index (χ4n) is 2.39. The fraction of sp³-hybridized carbons (Fsp3) is 0.263. The van der Waals surface area contributed by atoms with Crippen LogP contribution >= 0.6 is 47.2 Å². The van der Waals surface area contributed by atoms with E-state index in [1.807, 2.05) is 13.0 Å². The molecule has 0 fully saturated rings. The van der Waals surface area contributed by atoms with E-state index in [1.54, 1.807) is 36.4 Å². The standard InChI is InChI=1S/C19H22Cl2N4O2.HI/c1-12(17-7-6-14(20)10-18(17)21)24-19(22)23-8-9-27-16-5-3-4-15(11-16)25-13(2)26;/h3-7,10-12H,8-9H2,1-2H3,(H,25,26)(H3,22,23,24);1H. The van der Waals surface area contributed by atoms with Crippen molar-refractivity contribution in [2.75, 3.05) is 18.5 Å². The quantitative estimate of drug-likeness (QED) is 0.208. The summed E-state index contributed by atoms with van der Waals surface area (Å²) in [6.07, 6.45) is 0. The van der Waals surface area contributed by atoms with Crippen molar-refractivity contribution in [1.82, 2.24) is 5.32 Å². The lowest BCUT2D eigenvalue weighted by molar-refractivity contribution is -0.114. The van der Waals surface area contributed by atoms with Gasteiger partial charge in [0.15, 0.2) is 5.96 Å². The van der Waals surface area contributed by atoms with Crippen LogP contribution in [0.5, 0.6) is 5.75 Å². The number of anilines is 1. The van der Waals surface area contributed by atoms with Crippen LogP contribution in [-0.4, -0.2) is 25.0 Å². The van der Waals surface area contributed by atoms with Crippen LogP contribution < -0.4 is 21.1 Å². The van der Waals surface area contributed by atoms with Crippen LogP contribution in [0.25, 0.3) is 0 Å². The van der Waals surface area contributed by atoms with Crippen molar-refractivity contribution in [2.45, 2.75) is 19.9 Å². The Labute approximate surface area is 191 Å². The van der Waals surface area contributed by atoms with E-state index in [1.165, 1.54) is 6.92 Å². The van der Waals surface area contributed by atoms with Gasteiger partial charge in [-0.2, -0.15) is 0 Å². The second-order valence-corrected chi connectivity index (χ2v) is 6.70. The van der Waals surface area contributed by atoms with Gasteiger partial charge in [0, 0.05) is 28.7 Å². The van der Waals surface area contributed by atoms with Crippen molar-refractivity contribution in [2.24, 2.45) is 10.7 Å². The highest BCUT2D eigenvalue weighted by atomic mass is 127. The van der Waals surface area contributed by atoms with Gasteiger partial charge in [-0.15, -0.1) is 24.0 Å². The van der Waals surface area contributed by atoms with Crippen LogP contribution in [0, 0.1) is 0 Å². The number of nitrogens with one attached hydrogen (secondary N) is 2. The number of nitrogens with zero attached hydrogens (tertiary/aromatic N) is 1. The Balaban J connectivity index is 0.00000392. The largest absolute Gasteiger partial charge is 0.492 e. The molecule has 28 heavy (non-hydrogen) atoms. The summed E-state index contributed by atoms with van der Waals surface area (Å²) in [5.41, 5.74) is 7.48.